The first-order valence-corrected chi connectivity index (χ1v) is 9.58. The van der Waals surface area contributed by atoms with Gasteiger partial charge in [0.05, 0.1) is 19.8 Å². The highest BCUT2D eigenvalue weighted by molar-refractivity contribution is 5.80. The van der Waals surface area contributed by atoms with E-state index in [-0.39, 0.29) is 0 Å². The molecule has 0 unspecified atom stereocenters. The lowest BCUT2D eigenvalue weighted by molar-refractivity contribution is 0.106. The first-order valence-electron chi connectivity index (χ1n) is 9.58. The largest absolute Gasteiger partial charge is 0.372 e. The van der Waals surface area contributed by atoms with Gasteiger partial charge < -0.3 is 15.0 Å². The molecule has 3 rings (SSSR count). The van der Waals surface area contributed by atoms with Gasteiger partial charge in [-0.05, 0) is 36.5 Å². The Balaban J connectivity index is 1.61. The Hall–Kier alpha value is -2.33. The first-order chi connectivity index (χ1) is 12.9. The summed E-state index contributed by atoms with van der Waals surface area (Å²) in [5.74, 6) is 1.03. The van der Waals surface area contributed by atoms with Gasteiger partial charge in [0.1, 0.15) is 0 Å². The van der Waals surface area contributed by atoms with Crippen molar-refractivity contribution in [2.75, 3.05) is 19.6 Å². The summed E-state index contributed by atoms with van der Waals surface area (Å²) in [6, 6.07) is 18.7. The number of nitrogens with zero attached hydrogens (tertiary/aromatic N) is 2. The van der Waals surface area contributed by atoms with Crippen molar-refractivity contribution in [2.24, 2.45) is 4.99 Å². The monoisotopic (exact) mass is 351 g/mol. The quantitative estimate of drug-likeness (QED) is 0.606. The molecule has 138 valence electrons. The van der Waals surface area contributed by atoms with Crippen LogP contribution in [0.4, 0.5) is 0 Å². The molecule has 1 N–H and O–H groups in total. The average molecular weight is 351 g/mol. The normalized spacial score (nSPS) is 14.7. The zero-order chi connectivity index (χ0) is 18.0. The predicted octanol–water partition coefficient (Wildman–Crippen LogP) is 3.96. The summed E-state index contributed by atoms with van der Waals surface area (Å²) in [5, 5.41) is 3.42. The second kappa shape index (κ2) is 9.97. The van der Waals surface area contributed by atoms with Crippen LogP contribution in [0.2, 0.25) is 0 Å². The molecular weight excluding hydrogens is 322 g/mol. The number of rotatable bonds is 7. The molecule has 1 saturated heterocycles. The SMILES string of the molecule is CCNC(=NCc1ccccc1COCc1ccccc1)N1CCCC1. The third-order valence-corrected chi connectivity index (χ3v) is 4.63. The van der Waals surface area contributed by atoms with Gasteiger partial charge in [0.15, 0.2) is 5.96 Å². The van der Waals surface area contributed by atoms with E-state index in [1.165, 1.54) is 29.5 Å². The molecule has 1 aliphatic rings. The molecule has 0 radical (unpaired) electrons. The lowest BCUT2D eigenvalue weighted by Gasteiger charge is -2.21. The molecule has 1 fully saturated rings. The van der Waals surface area contributed by atoms with Gasteiger partial charge in [-0.2, -0.15) is 0 Å². The summed E-state index contributed by atoms with van der Waals surface area (Å²) >= 11 is 0. The number of guanidine groups is 1. The third kappa shape index (κ3) is 5.33. The molecule has 2 aromatic rings. The standard InChI is InChI=1S/C22H29N3O/c1-2-23-22(25-14-8-9-15-25)24-16-20-12-6-7-13-21(20)18-26-17-19-10-4-3-5-11-19/h3-7,10-13H,2,8-9,14-18H2,1H3,(H,23,24). The Kier molecular flexibility index (Phi) is 7.08. The summed E-state index contributed by atoms with van der Waals surface area (Å²) < 4.78 is 5.93. The molecule has 0 bridgehead atoms. The Morgan fingerprint density at radius 3 is 2.38 bits per heavy atom. The highest BCUT2D eigenvalue weighted by atomic mass is 16.5. The summed E-state index contributed by atoms with van der Waals surface area (Å²) in [4.78, 5) is 7.23. The van der Waals surface area contributed by atoms with E-state index in [0.29, 0.717) is 19.8 Å². The smallest absolute Gasteiger partial charge is 0.194 e. The van der Waals surface area contributed by atoms with Crippen LogP contribution in [0.5, 0.6) is 0 Å². The van der Waals surface area contributed by atoms with Crippen molar-refractivity contribution in [3.8, 4) is 0 Å². The molecule has 4 nitrogen and oxygen atoms in total. The van der Waals surface area contributed by atoms with E-state index >= 15 is 0 Å². The van der Waals surface area contributed by atoms with Crippen LogP contribution in [-0.2, 0) is 24.5 Å². The topological polar surface area (TPSA) is 36.9 Å². The van der Waals surface area contributed by atoms with Gasteiger partial charge in [0.2, 0.25) is 0 Å². The highest BCUT2D eigenvalue weighted by Crippen LogP contribution is 2.14. The number of nitrogens with one attached hydrogen (secondary N) is 1. The van der Waals surface area contributed by atoms with E-state index in [1.54, 1.807) is 0 Å². The maximum Gasteiger partial charge on any atom is 0.194 e. The van der Waals surface area contributed by atoms with E-state index < -0.39 is 0 Å². The van der Waals surface area contributed by atoms with Gasteiger partial charge in [-0.15, -0.1) is 0 Å². The van der Waals surface area contributed by atoms with Gasteiger partial charge in [-0.3, -0.25) is 0 Å². The molecule has 0 spiro atoms. The molecule has 4 heteroatoms. The lowest BCUT2D eigenvalue weighted by atomic mass is 10.1. The van der Waals surface area contributed by atoms with Crippen molar-refractivity contribution in [1.29, 1.82) is 0 Å². The van der Waals surface area contributed by atoms with E-state index in [0.717, 1.165) is 25.6 Å². The molecule has 0 aromatic heterocycles. The van der Waals surface area contributed by atoms with Gasteiger partial charge >= 0.3 is 0 Å². The molecule has 0 saturated carbocycles. The van der Waals surface area contributed by atoms with Crippen molar-refractivity contribution >= 4 is 5.96 Å². The average Bonchev–Trinajstić information content (AvgIpc) is 3.21. The maximum atomic E-state index is 5.93. The number of hydrogen-bond donors (Lipinski definition) is 1. The van der Waals surface area contributed by atoms with Crippen LogP contribution in [-0.4, -0.2) is 30.5 Å². The van der Waals surface area contributed by atoms with Crippen LogP contribution < -0.4 is 5.32 Å². The molecule has 0 aliphatic carbocycles. The van der Waals surface area contributed by atoms with Gasteiger partial charge in [0, 0.05) is 19.6 Å². The maximum absolute atomic E-state index is 5.93. The fourth-order valence-electron chi connectivity index (χ4n) is 3.22. The van der Waals surface area contributed by atoms with E-state index in [2.05, 4.69) is 53.5 Å². The summed E-state index contributed by atoms with van der Waals surface area (Å²) in [7, 11) is 0. The second-order valence-electron chi connectivity index (χ2n) is 6.61. The van der Waals surface area contributed by atoms with Gasteiger partial charge in [-0.25, -0.2) is 4.99 Å². The lowest BCUT2D eigenvalue weighted by Crippen LogP contribution is -2.39. The van der Waals surface area contributed by atoms with Crippen LogP contribution in [0.25, 0.3) is 0 Å². The minimum atomic E-state index is 0.612. The fraction of sp³-hybridized carbons (Fsp3) is 0.409. The predicted molar refractivity (Wildman–Crippen MR) is 107 cm³/mol. The van der Waals surface area contributed by atoms with Gasteiger partial charge in [0.25, 0.3) is 0 Å². The minimum Gasteiger partial charge on any atom is -0.372 e. The Morgan fingerprint density at radius 1 is 0.962 bits per heavy atom. The molecule has 0 atom stereocenters. The summed E-state index contributed by atoms with van der Waals surface area (Å²) in [6.45, 7) is 7.16. The van der Waals surface area contributed by atoms with Gasteiger partial charge in [-0.1, -0.05) is 54.6 Å². The molecule has 1 aliphatic heterocycles. The Labute approximate surface area is 156 Å². The highest BCUT2D eigenvalue weighted by Gasteiger charge is 2.15. The van der Waals surface area contributed by atoms with Crippen LogP contribution in [0.15, 0.2) is 59.6 Å². The number of ether oxygens (including phenoxy) is 1. The van der Waals surface area contributed by atoms with E-state index in [1.807, 2.05) is 18.2 Å². The summed E-state index contributed by atoms with van der Waals surface area (Å²) in [6.07, 6.45) is 2.52. The Bertz CT molecular complexity index is 694. The van der Waals surface area contributed by atoms with Crippen molar-refractivity contribution in [3.05, 3.63) is 71.3 Å². The third-order valence-electron chi connectivity index (χ3n) is 4.63. The minimum absolute atomic E-state index is 0.612. The fourth-order valence-corrected chi connectivity index (χ4v) is 3.22. The summed E-state index contributed by atoms with van der Waals surface area (Å²) in [5.41, 5.74) is 3.64. The second-order valence-corrected chi connectivity index (χ2v) is 6.61. The molecule has 1 heterocycles. The van der Waals surface area contributed by atoms with Crippen molar-refractivity contribution in [2.45, 2.75) is 39.5 Å². The Morgan fingerprint density at radius 2 is 1.65 bits per heavy atom. The van der Waals surface area contributed by atoms with Crippen molar-refractivity contribution < 1.29 is 4.74 Å². The molecule has 26 heavy (non-hydrogen) atoms. The van der Waals surface area contributed by atoms with Crippen molar-refractivity contribution in [1.82, 2.24) is 10.2 Å². The van der Waals surface area contributed by atoms with E-state index in [4.69, 9.17) is 9.73 Å². The molecule has 2 aromatic carbocycles. The van der Waals surface area contributed by atoms with Crippen LogP contribution >= 0.6 is 0 Å². The van der Waals surface area contributed by atoms with Crippen LogP contribution in [0, 0.1) is 0 Å². The van der Waals surface area contributed by atoms with Crippen LogP contribution in [0.3, 0.4) is 0 Å². The number of hydrogen-bond acceptors (Lipinski definition) is 2. The number of likely N-dealkylation sites (tertiary alicyclic amines) is 1. The first kappa shape index (κ1) is 18.5. The molecule has 0 amide bonds. The van der Waals surface area contributed by atoms with E-state index in [9.17, 15) is 0 Å². The van der Waals surface area contributed by atoms with Crippen molar-refractivity contribution in [3.63, 3.8) is 0 Å². The van der Waals surface area contributed by atoms with Crippen LogP contribution in [0.1, 0.15) is 36.5 Å². The number of benzene rings is 2. The number of aliphatic imine (C=N–C) groups is 1. The zero-order valence-corrected chi connectivity index (χ0v) is 15.7. The zero-order valence-electron chi connectivity index (χ0n) is 15.7. The molecular formula is C22H29N3O.